The normalized spacial score (nSPS) is 17.0. The van der Waals surface area contributed by atoms with Crippen molar-refractivity contribution in [3.05, 3.63) is 89.7 Å². The number of hydrogen-bond donors (Lipinski definition) is 1. The Hall–Kier alpha value is -4.32. The van der Waals surface area contributed by atoms with Gasteiger partial charge in [0.2, 0.25) is 0 Å². The minimum absolute atomic E-state index is 0.0313. The molecule has 4 aromatic rings. The van der Waals surface area contributed by atoms with Crippen LogP contribution in [-0.4, -0.2) is 50.7 Å². The van der Waals surface area contributed by atoms with Crippen LogP contribution in [0.2, 0.25) is 0 Å². The van der Waals surface area contributed by atoms with E-state index in [9.17, 15) is 18.0 Å². The summed E-state index contributed by atoms with van der Waals surface area (Å²) in [7, 11) is 0. The number of aliphatic imine (C=N–C) groups is 1. The first-order valence-electron chi connectivity index (χ1n) is 14.2. The van der Waals surface area contributed by atoms with E-state index in [2.05, 4.69) is 62.9 Å². The van der Waals surface area contributed by atoms with Gasteiger partial charge in [0.25, 0.3) is 0 Å². The molecule has 0 bridgehead atoms. The van der Waals surface area contributed by atoms with E-state index < -0.39 is 6.36 Å². The van der Waals surface area contributed by atoms with Gasteiger partial charge in [-0.3, -0.25) is 0 Å². The second kappa shape index (κ2) is 13.1. The number of anilines is 1. The molecule has 3 aromatic carbocycles. The molecule has 44 heavy (non-hydrogen) atoms. The van der Waals surface area contributed by atoms with Gasteiger partial charge in [-0.05, 0) is 74.1 Å². The van der Waals surface area contributed by atoms with Gasteiger partial charge in [0.05, 0.1) is 5.69 Å². The molecule has 2 atom stereocenters. The van der Waals surface area contributed by atoms with E-state index in [-0.39, 0.29) is 23.7 Å². The highest BCUT2D eigenvalue weighted by molar-refractivity contribution is 8.14. The quantitative estimate of drug-likeness (QED) is 0.228. The summed E-state index contributed by atoms with van der Waals surface area (Å²) in [4.78, 5) is 23.9. The number of halogens is 3. The largest absolute Gasteiger partial charge is 0.573 e. The molecule has 0 spiro atoms. The summed E-state index contributed by atoms with van der Waals surface area (Å²) in [5, 5.41) is 8.13. The number of carbonyl (C=O) groups excluding carboxylic acids is 1. The zero-order valence-corrected chi connectivity index (χ0v) is 25.6. The lowest BCUT2D eigenvalue weighted by Gasteiger charge is -2.37. The van der Waals surface area contributed by atoms with E-state index in [1.165, 1.54) is 35.3 Å². The second-order valence-corrected chi connectivity index (χ2v) is 11.8. The van der Waals surface area contributed by atoms with Crippen molar-refractivity contribution >= 4 is 28.6 Å². The smallest absolute Gasteiger partial charge is 0.406 e. The summed E-state index contributed by atoms with van der Waals surface area (Å²) < 4.78 is 42.7. The number of nitrogens with zero attached hydrogens (tertiary/aromatic N) is 5. The van der Waals surface area contributed by atoms with Crippen molar-refractivity contribution in [2.45, 2.75) is 52.4 Å². The minimum atomic E-state index is -4.75. The number of alkyl halides is 3. The number of nitrogens with one attached hydrogen (secondary N) is 1. The predicted molar refractivity (Wildman–Crippen MR) is 168 cm³/mol. The van der Waals surface area contributed by atoms with Crippen LogP contribution in [-0.2, 0) is 0 Å². The Balaban J connectivity index is 1.20. The third-order valence-electron chi connectivity index (χ3n) is 7.42. The summed E-state index contributed by atoms with van der Waals surface area (Å²) in [5.74, 6) is 1.10. The number of amidine groups is 1. The minimum Gasteiger partial charge on any atom is -0.406 e. The highest BCUT2D eigenvalue weighted by atomic mass is 32.2. The number of hydrogen-bond acceptors (Lipinski definition) is 5. The molecule has 12 heteroatoms. The monoisotopic (exact) mass is 622 g/mol. The van der Waals surface area contributed by atoms with Gasteiger partial charge in [-0.25, -0.2) is 14.5 Å². The Kier molecular flexibility index (Phi) is 9.28. The molecular weight excluding hydrogens is 589 g/mol. The van der Waals surface area contributed by atoms with Crippen LogP contribution >= 0.6 is 11.8 Å². The zero-order chi connectivity index (χ0) is 31.4. The van der Waals surface area contributed by atoms with Crippen LogP contribution in [0.3, 0.4) is 0 Å². The average molecular weight is 623 g/mol. The molecule has 1 fully saturated rings. The lowest BCUT2D eigenvalue weighted by molar-refractivity contribution is -0.274. The Bertz CT molecular complexity index is 1620. The van der Waals surface area contributed by atoms with Gasteiger partial charge in [0.1, 0.15) is 12.1 Å². The van der Waals surface area contributed by atoms with Crippen molar-refractivity contribution in [1.29, 1.82) is 0 Å². The van der Waals surface area contributed by atoms with Crippen LogP contribution in [0, 0.1) is 13.8 Å². The van der Waals surface area contributed by atoms with Crippen molar-refractivity contribution in [3.8, 4) is 22.8 Å². The van der Waals surface area contributed by atoms with E-state index in [0.29, 0.717) is 23.2 Å². The summed E-state index contributed by atoms with van der Waals surface area (Å²) in [6.45, 7) is 8.78. The van der Waals surface area contributed by atoms with Crippen LogP contribution in [0.25, 0.3) is 17.1 Å². The molecule has 0 radical (unpaired) electrons. The first-order chi connectivity index (χ1) is 21.0. The van der Waals surface area contributed by atoms with Gasteiger partial charge in [0, 0.05) is 29.6 Å². The Morgan fingerprint density at radius 2 is 1.77 bits per heavy atom. The molecular formula is C32H33F3N6O2S. The van der Waals surface area contributed by atoms with E-state index in [1.807, 2.05) is 37.3 Å². The van der Waals surface area contributed by atoms with E-state index >= 15 is 0 Å². The third-order valence-corrected chi connectivity index (χ3v) is 8.40. The van der Waals surface area contributed by atoms with Crippen LogP contribution in [0.15, 0.2) is 78.0 Å². The summed E-state index contributed by atoms with van der Waals surface area (Å²) >= 11 is 1.60. The molecule has 1 aliphatic rings. The number of rotatable bonds is 7. The van der Waals surface area contributed by atoms with Crippen LogP contribution in [0.4, 0.5) is 23.7 Å². The zero-order valence-electron chi connectivity index (χ0n) is 24.8. The second-order valence-electron chi connectivity index (χ2n) is 10.8. The van der Waals surface area contributed by atoms with Crippen molar-refractivity contribution < 1.29 is 22.7 Å². The van der Waals surface area contributed by atoms with Crippen LogP contribution in [0.1, 0.15) is 42.9 Å². The van der Waals surface area contributed by atoms with E-state index in [0.717, 1.165) is 40.1 Å². The molecule has 2 unspecified atom stereocenters. The molecule has 1 saturated heterocycles. The van der Waals surface area contributed by atoms with Crippen molar-refractivity contribution in [3.63, 3.8) is 0 Å². The fourth-order valence-electron chi connectivity index (χ4n) is 5.06. The number of thioether (sulfide) groups is 1. The Morgan fingerprint density at radius 1 is 1.09 bits per heavy atom. The van der Waals surface area contributed by atoms with Crippen molar-refractivity contribution in [2.24, 2.45) is 4.99 Å². The summed E-state index contributed by atoms with van der Waals surface area (Å²) in [5.41, 5.74) is 5.77. The highest BCUT2D eigenvalue weighted by Gasteiger charge is 2.31. The number of urea groups is 1. The summed E-state index contributed by atoms with van der Waals surface area (Å²) in [6.07, 6.45) is -2.24. The first-order valence-corrected chi connectivity index (χ1v) is 15.2. The van der Waals surface area contributed by atoms with Gasteiger partial charge < -0.3 is 15.0 Å². The average Bonchev–Trinajstić information content (AvgIpc) is 3.47. The van der Waals surface area contributed by atoms with E-state index in [4.69, 9.17) is 0 Å². The maximum Gasteiger partial charge on any atom is 0.573 e. The number of aromatic nitrogens is 3. The van der Waals surface area contributed by atoms with Crippen molar-refractivity contribution in [1.82, 2.24) is 20.1 Å². The Labute approximate surface area is 258 Å². The lowest BCUT2D eigenvalue weighted by Crippen LogP contribution is -2.43. The predicted octanol–water partition coefficient (Wildman–Crippen LogP) is 7.65. The molecule has 1 aromatic heterocycles. The number of ether oxygens (including phenoxy) is 1. The molecule has 2 heterocycles. The van der Waals surface area contributed by atoms with Gasteiger partial charge in [-0.2, -0.15) is 4.99 Å². The van der Waals surface area contributed by atoms with Crippen molar-refractivity contribution in [2.75, 3.05) is 17.2 Å². The Morgan fingerprint density at radius 3 is 2.43 bits per heavy atom. The first kappa shape index (κ1) is 31.1. The fourth-order valence-corrected chi connectivity index (χ4v) is 6.26. The molecule has 0 aliphatic carbocycles. The summed E-state index contributed by atoms with van der Waals surface area (Å²) in [6, 6.07) is 19.2. The molecule has 1 N–H and O–H groups in total. The number of amides is 2. The topological polar surface area (TPSA) is 84.6 Å². The molecule has 5 rings (SSSR count). The molecule has 230 valence electrons. The van der Waals surface area contributed by atoms with Gasteiger partial charge >= 0.3 is 12.4 Å². The maximum atomic E-state index is 12.9. The van der Waals surface area contributed by atoms with Gasteiger partial charge in [-0.15, -0.1) is 18.3 Å². The molecule has 1 aliphatic heterocycles. The highest BCUT2D eigenvalue weighted by Crippen LogP contribution is 2.34. The standard InChI is InChI=1S/C32H33F3N6O2S/c1-20-6-5-7-21(2)28(20)41-23(4)16-17-44-31(41)38-30(42)36-18-22(3)24-8-10-25(11-9-24)29-37-19-40(39-29)26-12-14-27(15-13-26)43-32(33,34)35/h5-15,19,22-23H,16-18H2,1-4H3,(H,36,42)/b38-31-. The SMILES string of the molecule is Cc1cccc(C)c1N1/C(=N/C(=O)NCC(C)c2ccc(-c3ncn(-c4ccc(OC(F)(F)F)cc4)n3)cc2)SCCC1C. The van der Waals surface area contributed by atoms with Crippen LogP contribution < -0.4 is 15.0 Å². The number of benzene rings is 3. The number of aryl methyl sites for hydroxylation is 2. The number of carbonyl (C=O) groups is 1. The van der Waals surface area contributed by atoms with E-state index in [1.54, 1.807) is 11.8 Å². The maximum absolute atomic E-state index is 12.9. The molecule has 2 amide bonds. The fraction of sp³-hybridized carbons (Fsp3) is 0.312. The van der Waals surface area contributed by atoms with Gasteiger partial charge in [-0.1, -0.05) is 61.2 Å². The molecule has 0 saturated carbocycles. The van der Waals surface area contributed by atoms with Crippen LogP contribution in [0.5, 0.6) is 5.75 Å². The van der Waals surface area contributed by atoms with Gasteiger partial charge in [0.15, 0.2) is 11.0 Å². The lowest BCUT2D eigenvalue weighted by atomic mass is 10.00. The third kappa shape index (κ3) is 7.42. The molecule has 8 nitrogen and oxygen atoms in total. The number of para-hydroxylation sites is 1.